The lowest BCUT2D eigenvalue weighted by Gasteiger charge is -2.09. The summed E-state index contributed by atoms with van der Waals surface area (Å²) in [6.45, 7) is 0.0742. The van der Waals surface area contributed by atoms with Crippen LogP contribution in [0.15, 0.2) is 60.9 Å². The number of hydrogen-bond acceptors (Lipinski definition) is 6. The first-order chi connectivity index (χ1) is 13.5. The zero-order valence-electron chi connectivity index (χ0n) is 15.1. The van der Waals surface area contributed by atoms with E-state index in [0.717, 1.165) is 5.82 Å². The molecule has 2 aromatic carbocycles. The molecule has 0 fully saturated rings. The Bertz CT molecular complexity index is 968. The van der Waals surface area contributed by atoms with Crippen molar-refractivity contribution >= 4 is 17.3 Å². The average Bonchev–Trinajstić information content (AvgIpc) is 3.11. The number of anilines is 1. The molecule has 0 bridgehead atoms. The van der Waals surface area contributed by atoms with E-state index in [1.54, 1.807) is 36.5 Å². The number of rotatable bonds is 8. The molecular formula is C19H18N4O5. The van der Waals surface area contributed by atoms with E-state index < -0.39 is 4.92 Å². The molecule has 0 unspecified atom stereocenters. The summed E-state index contributed by atoms with van der Waals surface area (Å²) >= 11 is 0. The average molecular weight is 382 g/mol. The number of carbonyl (C=O) groups excluding carboxylic acids is 1. The monoisotopic (exact) mass is 382 g/mol. The van der Waals surface area contributed by atoms with Gasteiger partial charge in [0.1, 0.15) is 23.9 Å². The van der Waals surface area contributed by atoms with E-state index in [-0.39, 0.29) is 24.0 Å². The quantitative estimate of drug-likeness (QED) is 0.474. The highest BCUT2D eigenvalue weighted by Gasteiger charge is 2.09. The van der Waals surface area contributed by atoms with Crippen LogP contribution in [0.1, 0.15) is 5.82 Å². The molecule has 3 aromatic rings. The number of hydrogen-bond donors (Lipinski definition) is 1. The first-order valence-electron chi connectivity index (χ1n) is 8.37. The normalized spacial score (nSPS) is 10.3. The predicted octanol–water partition coefficient (Wildman–Crippen LogP) is 2.92. The van der Waals surface area contributed by atoms with Crippen molar-refractivity contribution in [1.29, 1.82) is 0 Å². The Morgan fingerprint density at radius 2 is 1.96 bits per heavy atom. The van der Waals surface area contributed by atoms with Crippen LogP contribution in [0.3, 0.4) is 0 Å². The molecule has 1 aromatic heterocycles. The van der Waals surface area contributed by atoms with Gasteiger partial charge in [-0.15, -0.1) is 0 Å². The highest BCUT2D eigenvalue weighted by molar-refractivity contribution is 5.91. The summed E-state index contributed by atoms with van der Waals surface area (Å²) in [4.78, 5) is 26.4. The van der Waals surface area contributed by atoms with Gasteiger partial charge in [0.05, 0.1) is 11.0 Å². The highest BCUT2D eigenvalue weighted by Crippen LogP contribution is 2.19. The fraction of sp³-hybridized carbons (Fsp3) is 0.158. The van der Waals surface area contributed by atoms with Gasteiger partial charge in [-0.05, 0) is 30.3 Å². The van der Waals surface area contributed by atoms with Crippen LogP contribution in [0.5, 0.6) is 11.5 Å². The Balaban J connectivity index is 1.48. The smallest absolute Gasteiger partial charge is 0.273 e. The number of ether oxygens (including phenoxy) is 2. The largest absolute Gasteiger partial charge is 0.486 e. The van der Waals surface area contributed by atoms with E-state index in [1.165, 1.54) is 18.2 Å². The Kier molecular flexibility index (Phi) is 5.85. The lowest BCUT2D eigenvalue weighted by Crippen LogP contribution is -2.20. The van der Waals surface area contributed by atoms with Crippen LogP contribution in [-0.2, 0) is 18.4 Å². The number of aromatic nitrogens is 2. The van der Waals surface area contributed by atoms with Crippen LogP contribution in [0.25, 0.3) is 0 Å². The van der Waals surface area contributed by atoms with Gasteiger partial charge >= 0.3 is 0 Å². The summed E-state index contributed by atoms with van der Waals surface area (Å²) in [7, 11) is 1.89. The van der Waals surface area contributed by atoms with E-state index in [4.69, 9.17) is 9.47 Å². The van der Waals surface area contributed by atoms with E-state index in [2.05, 4.69) is 10.3 Å². The summed E-state index contributed by atoms with van der Waals surface area (Å²) in [6, 6.07) is 12.5. The summed E-state index contributed by atoms with van der Waals surface area (Å²) in [5, 5.41) is 13.4. The van der Waals surface area contributed by atoms with Gasteiger partial charge < -0.3 is 19.4 Å². The molecule has 0 radical (unpaired) electrons. The van der Waals surface area contributed by atoms with Crippen molar-refractivity contribution in [3.05, 3.63) is 76.9 Å². The van der Waals surface area contributed by atoms with E-state index in [9.17, 15) is 14.9 Å². The number of carbonyl (C=O) groups is 1. The Hall–Kier alpha value is -3.88. The first kappa shape index (κ1) is 18.9. The maximum absolute atomic E-state index is 12.0. The van der Waals surface area contributed by atoms with Crippen LogP contribution >= 0.6 is 0 Å². The molecule has 0 saturated heterocycles. The fourth-order valence-electron chi connectivity index (χ4n) is 2.35. The number of non-ortho nitro benzene ring substituents is 1. The number of amides is 1. The molecule has 1 amide bonds. The number of nitro groups is 1. The van der Waals surface area contributed by atoms with Crippen LogP contribution in [0, 0.1) is 10.1 Å². The van der Waals surface area contributed by atoms with Crippen molar-refractivity contribution in [2.75, 3.05) is 11.9 Å². The first-order valence-corrected chi connectivity index (χ1v) is 8.37. The van der Waals surface area contributed by atoms with Gasteiger partial charge in [-0.3, -0.25) is 14.9 Å². The van der Waals surface area contributed by atoms with Gasteiger partial charge in [0.25, 0.3) is 11.6 Å². The van der Waals surface area contributed by atoms with Gasteiger partial charge in [0, 0.05) is 31.2 Å². The minimum absolute atomic E-state index is 0.0981. The maximum Gasteiger partial charge on any atom is 0.273 e. The van der Waals surface area contributed by atoms with E-state index in [0.29, 0.717) is 18.0 Å². The number of benzene rings is 2. The second-order valence-electron chi connectivity index (χ2n) is 5.86. The lowest BCUT2D eigenvalue weighted by molar-refractivity contribution is -0.384. The SMILES string of the molecule is Cn1ccnc1COc1ccc(NC(=O)COc2cccc([N+](=O)[O-])c2)cc1. The van der Waals surface area contributed by atoms with Gasteiger partial charge in [-0.25, -0.2) is 4.98 Å². The minimum atomic E-state index is -0.523. The Labute approximate surface area is 160 Å². The number of nitrogens with one attached hydrogen (secondary N) is 1. The molecule has 0 atom stereocenters. The van der Waals surface area contributed by atoms with Crippen molar-refractivity contribution in [2.24, 2.45) is 7.05 Å². The lowest BCUT2D eigenvalue weighted by atomic mass is 10.3. The molecule has 0 saturated carbocycles. The summed E-state index contributed by atoms with van der Waals surface area (Å²) in [5.41, 5.74) is 0.482. The number of nitro benzene ring substituents is 1. The molecule has 0 aliphatic rings. The van der Waals surface area contributed by atoms with Crippen molar-refractivity contribution in [1.82, 2.24) is 9.55 Å². The molecule has 0 aliphatic heterocycles. The third-order valence-electron chi connectivity index (χ3n) is 3.83. The van der Waals surface area contributed by atoms with Crippen LogP contribution in [0.2, 0.25) is 0 Å². The third-order valence-corrected chi connectivity index (χ3v) is 3.83. The Morgan fingerprint density at radius 1 is 1.18 bits per heavy atom. The van der Waals surface area contributed by atoms with Crippen LogP contribution < -0.4 is 14.8 Å². The van der Waals surface area contributed by atoms with Crippen LogP contribution in [0.4, 0.5) is 11.4 Å². The third kappa shape index (κ3) is 5.07. The predicted molar refractivity (Wildman–Crippen MR) is 101 cm³/mol. The summed E-state index contributed by atoms with van der Waals surface area (Å²) < 4.78 is 12.8. The molecule has 9 nitrogen and oxygen atoms in total. The van der Waals surface area contributed by atoms with Gasteiger partial charge in [-0.1, -0.05) is 6.07 Å². The number of nitrogens with zero attached hydrogens (tertiary/aromatic N) is 3. The Morgan fingerprint density at radius 3 is 2.64 bits per heavy atom. The van der Waals surface area contributed by atoms with E-state index in [1.807, 2.05) is 17.8 Å². The molecule has 144 valence electrons. The second kappa shape index (κ2) is 8.67. The highest BCUT2D eigenvalue weighted by atomic mass is 16.6. The molecule has 0 aliphatic carbocycles. The van der Waals surface area contributed by atoms with Crippen molar-refractivity contribution < 1.29 is 19.2 Å². The topological polar surface area (TPSA) is 109 Å². The molecule has 1 heterocycles. The second-order valence-corrected chi connectivity index (χ2v) is 5.86. The summed E-state index contributed by atoms with van der Waals surface area (Å²) in [6.07, 6.45) is 3.54. The van der Waals surface area contributed by atoms with Gasteiger partial charge in [0.15, 0.2) is 6.61 Å². The van der Waals surface area contributed by atoms with Gasteiger partial charge in [0.2, 0.25) is 0 Å². The van der Waals surface area contributed by atoms with Gasteiger partial charge in [-0.2, -0.15) is 0 Å². The van der Waals surface area contributed by atoms with Crippen molar-refractivity contribution in [3.63, 3.8) is 0 Å². The molecule has 0 spiro atoms. The van der Waals surface area contributed by atoms with Crippen LogP contribution in [-0.4, -0.2) is 27.0 Å². The van der Waals surface area contributed by atoms with E-state index >= 15 is 0 Å². The standard InChI is InChI=1S/C19H18N4O5/c1-22-10-9-20-18(22)12-27-16-7-5-14(6-8-16)21-19(24)13-28-17-4-2-3-15(11-17)23(25)26/h2-11H,12-13H2,1H3,(H,21,24). The molecule has 28 heavy (non-hydrogen) atoms. The molecule has 9 heteroatoms. The fourth-order valence-corrected chi connectivity index (χ4v) is 2.35. The summed E-state index contributed by atoms with van der Waals surface area (Å²) in [5.74, 6) is 1.32. The minimum Gasteiger partial charge on any atom is -0.486 e. The number of aryl methyl sites for hydroxylation is 1. The zero-order chi connectivity index (χ0) is 19.9. The molecular weight excluding hydrogens is 364 g/mol. The maximum atomic E-state index is 12.0. The van der Waals surface area contributed by atoms with Crippen molar-refractivity contribution in [2.45, 2.75) is 6.61 Å². The number of imidazole rings is 1. The molecule has 1 N–H and O–H groups in total. The van der Waals surface area contributed by atoms with Crippen molar-refractivity contribution in [3.8, 4) is 11.5 Å². The molecule has 3 rings (SSSR count). The zero-order valence-corrected chi connectivity index (χ0v) is 15.1.